The molecule has 1 saturated heterocycles. The summed E-state index contributed by atoms with van der Waals surface area (Å²) in [5.41, 5.74) is 0.231. The molecule has 0 spiro atoms. The number of fused-ring (bicyclic) bond motifs is 1. The van der Waals surface area contributed by atoms with Crippen molar-refractivity contribution in [2.75, 3.05) is 26.2 Å². The van der Waals surface area contributed by atoms with E-state index < -0.39 is 29.8 Å². The molecule has 1 N–H and O–H groups in total. The minimum atomic E-state index is -0.929. The van der Waals surface area contributed by atoms with Crippen LogP contribution in [0.1, 0.15) is 33.6 Å². The van der Waals surface area contributed by atoms with Crippen molar-refractivity contribution in [3.05, 3.63) is 89.5 Å². The fraction of sp³-hybridized carbons (Fsp3) is 0.310. The number of hydrogen-bond acceptors (Lipinski definition) is 6. The maximum absolute atomic E-state index is 14.6. The van der Waals surface area contributed by atoms with Crippen LogP contribution in [-0.4, -0.2) is 53.9 Å². The normalized spacial score (nSPS) is 21.0. The predicted molar refractivity (Wildman–Crippen MR) is 132 cm³/mol. The maximum atomic E-state index is 14.6. The summed E-state index contributed by atoms with van der Waals surface area (Å²) in [4.78, 5) is 27.1. The van der Waals surface area contributed by atoms with E-state index >= 15 is 0 Å². The number of nitrogens with zero attached hydrogens (tertiary/aromatic N) is 1. The Labute approximate surface area is 213 Å². The van der Waals surface area contributed by atoms with Crippen molar-refractivity contribution in [1.29, 1.82) is 0 Å². The van der Waals surface area contributed by atoms with Crippen LogP contribution in [0.15, 0.2) is 66.7 Å². The van der Waals surface area contributed by atoms with Crippen molar-refractivity contribution in [2.24, 2.45) is 11.8 Å². The zero-order chi connectivity index (χ0) is 25.9. The fourth-order valence-corrected chi connectivity index (χ4v) is 5.25. The zero-order valence-electron chi connectivity index (χ0n) is 20.1. The fourth-order valence-electron chi connectivity index (χ4n) is 5.25. The number of benzene rings is 3. The Bertz CT molecular complexity index is 1280. The lowest BCUT2D eigenvalue weighted by Gasteiger charge is -2.19. The van der Waals surface area contributed by atoms with Crippen molar-refractivity contribution in [3.8, 4) is 17.2 Å². The number of phenols is 1. The third-order valence-electron chi connectivity index (χ3n) is 7.08. The molecule has 8 heteroatoms. The van der Waals surface area contributed by atoms with Crippen LogP contribution >= 0.6 is 0 Å². The van der Waals surface area contributed by atoms with Gasteiger partial charge in [-0.3, -0.25) is 14.5 Å². The van der Waals surface area contributed by atoms with Crippen LogP contribution in [-0.2, 0) is 0 Å². The molecule has 1 saturated carbocycles. The minimum Gasteiger partial charge on any atom is -0.505 e. The summed E-state index contributed by atoms with van der Waals surface area (Å²) in [6, 6.07) is 16.9. The van der Waals surface area contributed by atoms with Crippen LogP contribution in [0.3, 0.4) is 0 Å². The van der Waals surface area contributed by atoms with E-state index in [4.69, 9.17) is 9.47 Å². The first-order valence-electron chi connectivity index (χ1n) is 12.3. The van der Waals surface area contributed by atoms with Gasteiger partial charge in [-0.05, 0) is 73.2 Å². The van der Waals surface area contributed by atoms with E-state index in [1.807, 2.05) is 30.3 Å². The second kappa shape index (κ2) is 10.7. The molecule has 0 unspecified atom stereocenters. The smallest absolute Gasteiger partial charge is 0.200 e. The average Bonchev–Trinajstić information content (AvgIpc) is 3.43. The summed E-state index contributed by atoms with van der Waals surface area (Å²) in [6.45, 7) is 1.32. The van der Waals surface area contributed by atoms with Crippen LogP contribution in [0.5, 0.6) is 17.2 Å². The molecule has 3 atom stereocenters. The van der Waals surface area contributed by atoms with Gasteiger partial charge in [-0.2, -0.15) is 0 Å². The number of ketones is 2. The van der Waals surface area contributed by atoms with E-state index in [9.17, 15) is 23.5 Å². The number of hydrogen-bond donors (Lipinski definition) is 1. The monoisotopic (exact) mass is 507 g/mol. The first kappa shape index (κ1) is 24.9. The van der Waals surface area contributed by atoms with Crippen LogP contribution in [0.25, 0.3) is 0 Å². The molecular weight excluding hydrogens is 480 g/mol. The first-order valence-corrected chi connectivity index (χ1v) is 12.3. The highest BCUT2D eigenvalue weighted by Gasteiger charge is 2.42. The molecule has 2 aliphatic rings. The van der Waals surface area contributed by atoms with Crippen molar-refractivity contribution >= 4 is 11.6 Å². The van der Waals surface area contributed by atoms with E-state index in [0.717, 1.165) is 49.9 Å². The Morgan fingerprint density at radius 1 is 0.865 bits per heavy atom. The number of Topliss-reactive ketones (excluding diaryl/α,β-unsaturated/α-hetero) is 2. The number of phenolic OH excluding ortho intramolecular Hbond substituents is 1. The predicted octanol–water partition coefficient (Wildman–Crippen LogP) is 4.90. The number of rotatable bonds is 9. The summed E-state index contributed by atoms with van der Waals surface area (Å²) < 4.78 is 39.4. The number of carbonyl (C=O) groups is 2. The quantitative estimate of drug-likeness (QED) is 0.415. The summed E-state index contributed by atoms with van der Waals surface area (Å²) >= 11 is 0. The van der Waals surface area contributed by atoms with Gasteiger partial charge in [0.05, 0.1) is 12.6 Å². The van der Waals surface area contributed by atoms with Gasteiger partial charge in [0.25, 0.3) is 0 Å². The molecule has 192 valence electrons. The Morgan fingerprint density at radius 3 is 2.19 bits per heavy atom. The Morgan fingerprint density at radius 2 is 1.51 bits per heavy atom. The molecule has 0 bridgehead atoms. The largest absolute Gasteiger partial charge is 0.505 e. The molecule has 1 aliphatic carbocycles. The van der Waals surface area contributed by atoms with E-state index in [1.165, 1.54) is 18.2 Å². The lowest BCUT2D eigenvalue weighted by molar-refractivity contribution is 0.0912. The van der Waals surface area contributed by atoms with Crippen molar-refractivity contribution in [1.82, 2.24) is 4.90 Å². The summed E-state index contributed by atoms with van der Waals surface area (Å²) in [6.07, 6.45) is 2.11. The van der Waals surface area contributed by atoms with Crippen molar-refractivity contribution in [2.45, 2.75) is 18.9 Å². The molecule has 5 rings (SSSR count). The molecule has 1 heterocycles. The van der Waals surface area contributed by atoms with E-state index in [0.29, 0.717) is 11.8 Å². The maximum Gasteiger partial charge on any atom is 0.200 e. The average molecular weight is 508 g/mol. The molecule has 0 amide bonds. The summed E-state index contributed by atoms with van der Waals surface area (Å²) in [7, 11) is 0. The second-order valence-electron chi connectivity index (χ2n) is 9.68. The zero-order valence-corrected chi connectivity index (χ0v) is 20.1. The highest BCUT2D eigenvalue weighted by Crippen LogP contribution is 2.39. The highest BCUT2D eigenvalue weighted by molar-refractivity contribution is 5.98. The molecule has 3 aromatic rings. The van der Waals surface area contributed by atoms with Gasteiger partial charge in [-0.1, -0.05) is 18.2 Å². The van der Waals surface area contributed by atoms with Gasteiger partial charge in [0.1, 0.15) is 5.75 Å². The van der Waals surface area contributed by atoms with Crippen LogP contribution in [0, 0.1) is 23.5 Å². The van der Waals surface area contributed by atoms with Gasteiger partial charge < -0.3 is 14.6 Å². The van der Waals surface area contributed by atoms with E-state index in [2.05, 4.69) is 4.90 Å². The van der Waals surface area contributed by atoms with Crippen LogP contribution in [0.2, 0.25) is 0 Å². The third kappa shape index (κ3) is 5.80. The SMILES string of the molecule is O=C(COc1ccc(C(=O)CN2C[C@H]3C[C@H](Oc4ccccc4)C[C@H]3C2)cc1F)c1ccc(O)c(F)c1. The lowest BCUT2D eigenvalue weighted by atomic mass is 10.0. The van der Waals surface area contributed by atoms with Crippen LogP contribution in [0.4, 0.5) is 8.78 Å². The van der Waals surface area contributed by atoms with E-state index in [-0.39, 0.29) is 35.3 Å². The molecular formula is C29H27F2NO5. The molecule has 1 aliphatic heterocycles. The lowest BCUT2D eigenvalue weighted by Crippen LogP contribution is -2.30. The molecule has 37 heavy (non-hydrogen) atoms. The van der Waals surface area contributed by atoms with Crippen molar-refractivity contribution in [3.63, 3.8) is 0 Å². The molecule has 0 radical (unpaired) electrons. The topological polar surface area (TPSA) is 76.1 Å². The van der Waals surface area contributed by atoms with Crippen molar-refractivity contribution < 1.29 is 33.0 Å². The molecule has 0 aromatic heterocycles. The second-order valence-corrected chi connectivity index (χ2v) is 9.68. The summed E-state index contributed by atoms with van der Waals surface area (Å²) in [5.74, 6) is -1.34. The Kier molecular flexibility index (Phi) is 7.19. The number of carbonyl (C=O) groups excluding carboxylic acids is 2. The minimum absolute atomic E-state index is 0.00386. The molecule has 2 fully saturated rings. The van der Waals surface area contributed by atoms with Gasteiger partial charge in [0, 0.05) is 24.2 Å². The van der Waals surface area contributed by atoms with E-state index in [1.54, 1.807) is 0 Å². The first-order chi connectivity index (χ1) is 17.9. The standard InChI is InChI=1S/C29H27F2NO5/c30-24-12-19(6-8-26(24)33)28(35)17-36-29-9-7-18(13-25(29)31)27(34)16-32-14-20-10-23(11-21(20)15-32)37-22-4-2-1-3-5-22/h1-9,12-13,20-21,23,33H,10-11,14-17H2/t20-,21+,23+. The highest BCUT2D eigenvalue weighted by atomic mass is 19.1. The van der Waals surface area contributed by atoms with Gasteiger partial charge in [0.2, 0.25) is 0 Å². The number of ether oxygens (including phenoxy) is 2. The number of halogens is 2. The van der Waals surface area contributed by atoms with Crippen LogP contribution < -0.4 is 9.47 Å². The third-order valence-corrected chi connectivity index (χ3v) is 7.08. The summed E-state index contributed by atoms with van der Waals surface area (Å²) in [5, 5.41) is 9.23. The van der Waals surface area contributed by atoms with Gasteiger partial charge in [-0.15, -0.1) is 0 Å². The number of aromatic hydroxyl groups is 1. The Balaban J connectivity index is 1.11. The molecule has 6 nitrogen and oxygen atoms in total. The molecule has 3 aromatic carbocycles. The number of likely N-dealkylation sites (tertiary alicyclic amines) is 1. The van der Waals surface area contributed by atoms with Gasteiger partial charge in [-0.25, -0.2) is 8.78 Å². The van der Waals surface area contributed by atoms with Gasteiger partial charge >= 0.3 is 0 Å². The number of para-hydroxylation sites is 1. The Hall–Kier alpha value is -3.78. The van der Waals surface area contributed by atoms with Gasteiger partial charge in [0.15, 0.2) is 41.3 Å².